The monoisotopic (exact) mass is 1270 g/mol. The number of nitrogen functional groups attached to an aromatic ring is 1. The first kappa shape index (κ1) is 67.0. The lowest BCUT2D eigenvalue weighted by Gasteiger charge is -2.24. The molecule has 20 nitrogen and oxygen atoms in total. The second kappa shape index (κ2) is 28.3. The molecular formula is C66H83ClN14O6S2. The number of anilines is 3. The SMILES string of the molecule is CC(C)(C)OC(=O)N1CC[C@@H](n2cc(N)cn2)C1.Cc1cc(-c2ccnc(Cl)n2)ccc1CCC(=O)c1cnc(C(C)(C)C)s1.Cc1cc(-c2ccnc(Nc3cnn([C@@H]4CCN(C(=O)OC(C)(C)C)C4)c3)n2)ccc1CCC(=O)c1cnc(C(C)(C)C)s1. The van der Waals surface area contributed by atoms with Gasteiger partial charge >= 0.3 is 12.2 Å². The highest BCUT2D eigenvalue weighted by Gasteiger charge is 2.33. The number of ether oxygens (including phenoxy) is 2. The van der Waals surface area contributed by atoms with Gasteiger partial charge in [0.15, 0.2) is 11.6 Å². The quantitative estimate of drug-likeness (QED) is 0.0759. The van der Waals surface area contributed by atoms with E-state index in [1.54, 1.807) is 53.2 Å². The van der Waals surface area contributed by atoms with E-state index in [9.17, 15) is 19.2 Å². The van der Waals surface area contributed by atoms with Crippen LogP contribution < -0.4 is 11.1 Å². The lowest BCUT2D eigenvalue weighted by Crippen LogP contribution is -2.35. The molecule has 2 aliphatic rings. The molecule has 2 fully saturated rings. The van der Waals surface area contributed by atoms with Gasteiger partial charge in [-0.15, -0.1) is 22.7 Å². The van der Waals surface area contributed by atoms with E-state index < -0.39 is 11.2 Å². The minimum absolute atomic E-state index is 0.0283. The molecule has 0 spiro atoms. The number of nitrogens with two attached hydrogens (primary N) is 1. The average molecular weight is 1270 g/mol. The van der Waals surface area contributed by atoms with E-state index >= 15 is 0 Å². The first-order valence-corrected chi connectivity index (χ1v) is 31.9. The normalized spacial score (nSPS) is 15.2. The van der Waals surface area contributed by atoms with E-state index in [1.807, 2.05) is 81.4 Å². The first-order valence-electron chi connectivity index (χ1n) is 29.9. The molecule has 0 unspecified atom stereocenters. The van der Waals surface area contributed by atoms with E-state index in [1.165, 1.54) is 22.7 Å². The fourth-order valence-corrected chi connectivity index (χ4v) is 11.8. The number of thiazole rings is 2. The van der Waals surface area contributed by atoms with Crippen molar-refractivity contribution in [1.29, 1.82) is 0 Å². The number of aromatic nitrogens is 10. The number of hydrogen-bond donors (Lipinski definition) is 2. The molecule has 6 aromatic heterocycles. The van der Waals surface area contributed by atoms with E-state index in [4.69, 9.17) is 31.8 Å². The summed E-state index contributed by atoms with van der Waals surface area (Å²) in [6.45, 7) is 30.5. The van der Waals surface area contributed by atoms with Gasteiger partial charge in [0.25, 0.3) is 0 Å². The van der Waals surface area contributed by atoms with Gasteiger partial charge in [-0.3, -0.25) is 19.0 Å². The standard InChI is InChI=1S/C33H41N7O3S.C21H22ClN3OS.C12H20N4O2/c1-21-16-23(9-8-22(21)10-11-27(41)28-18-35-29(44-28)32(2,3)4)26-12-14-34-30(38-26)37-24-17-36-40(19-24)25-13-15-39(20-25)31(42)43-33(5,6)7;1-13-11-15(16-9-10-23-20(22)25-16)6-5-14(13)7-8-17(26)18-12-24-19(27-18)21(2,3)4;1-12(2,3)18-11(17)15-5-4-10(8-15)16-7-9(13)6-14-16/h8-9,12,14,16-19,25H,10-11,13,15,20H2,1-7H3,(H,34,37,38);5-6,9-12H,7-8H2,1-4H3;6-7,10H,4-5,8,13H2,1-3H3/t25-;;10-/m1.1/s1. The van der Waals surface area contributed by atoms with Gasteiger partial charge in [0.1, 0.15) is 11.2 Å². The van der Waals surface area contributed by atoms with Crippen molar-refractivity contribution in [2.75, 3.05) is 37.2 Å². The predicted octanol–water partition coefficient (Wildman–Crippen LogP) is 14.5. The molecule has 2 aromatic carbocycles. The number of Topliss-reactive ketones (excluding diaryl/α,β-unsaturated/α-hetero) is 2. The number of carbonyl (C=O) groups excluding carboxylic acids is 4. The molecule has 0 aliphatic carbocycles. The second-order valence-corrected chi connectivity index (χ2v) is 28.9. The molecular weight excluding hydrogens is 1180 g/mol. The Labute approximate surface area is 535 Å². The van der Waals surface area contributed by atoms with Crippen LogP contribution in [0.1, 0.15) is 172 Å². The molecule has 0 bridgehead atoms. The van der Waals surface area contributed by atoms with Crippen molar-refractivity contribution in [3.8, 4) is 22.5 Å². The van der Waals surface area contributed by atoms with E-state index in [0.29, 0.717) is 63.5 Å². The topological polar surface area (TPSA) is 244 Å². The van der Waals surface area contributed by atoms with Crippen molar-refractivity contribution < 1.29 is 28.7 Å². The maximum atomic E-state index is 12.8. The Hall–Kier alpha value is -7.95. The van der Waals surface area contributed by atoms with Crippen molar-refractivity contribution in [2.24, 2.45) is 0 Å². The van der Waals surface area contributed by atoms with Gasteiger partial charge in [-0.05, 0) is 139 Å². The Morgan fingerprint density at radius 1 is 0.607 bits per heavy atom. The molecule has 2 amide bonds. The number of nitrogens with zero attached hydrogens (tertiary/aromatic N) is 12. The van der Waals surface area contributed by atoms with Crippen LogP contribution in [0, 0.1) is 13.8 Å². The van der Waals surface area contributed by atoms with Crippen molar-refractivity contribution >= 4 is 75.4 Å². The third kappa shape index (κ3) is 19.0. The van der Waals surface area contributed by atoms with Gasteiger partial charge in [0.2, 0.25) is 11.2 Å². The number of benzene rings is 2. The fraction of sp³-hybridized carbons (Fsp3) is 0.455. The van der Waals surface area contributed by atoms with Crippen LogP contribution in [-0.4, -0.2) is 120 Å². The molecule has 10 rings (SSSR count). The van der Waals surface area contributed by atoms with Crippen LogP contribution >= 0.6 is 34.3 Å². The summed E-state index contributed by atoms with van der Waals surface area (Å²) in [5.74, 6) is 0.744. The Bertz CT molecular complexity index is 3770. The summed E-state index contributed by atoms with van der Waals surface area (Å²) >= 11 is 8.87. The second-order valence-electron chi connectivity index (χ2n) is 26.5. The molecule has 472 valence electrons. The summed E-state index contributed by atoms with van der Waals surface area (Å²) in [5, 5.41) is 14.2. The zero-order valence-electron chi connectivity index (χ0n) is 53.6. The van der Waals surface area contributed by atoms with Crippen LogP contribution in [0.2, 0.25) is 5.28 Å². The number of hydrogen-bond acceptors (Lipinski definition) is 18. The fourth-order valence-electron chi connectivity index (χ4n) is 9.77. The summed E-state index contributed by atoms with van der Waals surface area (Å²) in [6, 6.07) is 16.3. The van der Waals surface area contributed by atoms with Crippen LogP contribution in [0.15, 0.2) is 98.1 Å². The number of likely N-dealkylation sites (tertiary alicyclic amines) is 2. The lowest BCUT2D eigenvalue weighted by molar-refractivity contribution is 0.0278. The summed E-state index contributed by atoms with van der Waals surface area (Å²) in [7, 11) is 0. The summed E-state index contributed by atoms with van der Waals surface area (Å²) in [4.78, 5) is 80.8. The highest BCUT2D eigenvalue weighted by Crippen LogP contribution is 2.32. The number of halogens is 1. The number of amides is 2. The lowest BCUT2D eigenvalue weighted by atomic mass is 9.98. The van der Waals surface area contributed by atoms with Crippen LogP contribution in [0.4, 0.5) is 26.9 Å². The molecule has 0 saturated carbocycles. The zero-order valence-corrected chi connectivity index (χ0v) is 55.9. The number of ketones is 2. The molecule has 89 heavy (non-hydrogen) atoms. The maximum Gasteiger partial charge on any atom is 0.410 e. The van der Waals surface area contributed by atoms with Crippen LogP contribution in [0.3, 0.4) is 0 Å². The number of rotatable bonds is 14. The Morgan fingerprint density at radius 2 is 1.07 bits per heavy atom. The molecule has 2 saturated heterocycles. The minimum Gasteiger partial charge on any atom is -0.444 e. The number of aryl methyl sites for hydroxylation is 4. The third-order valence-corrected chi connectivity index (χ3v) is 17.6. The van der Waals surface area contributed by atoms with E-state index in [2.05, 4.69) is 120 Å². The average Bonchev–Trinajstić information content (AvgIpc) is 3.83. The smallest absolute Gasteiger partial charge is 0.410 e. The van der Waals surface area contributed by atoms with Crippen LogP contribution in [-0.2, 0) is 33.1 Å². The molecule has 2 atom stereocenters. The summed E-state index contributed by atoms with van der Waals surface area (Å²) in [5.41, 5.74) is 14.1. The van der Waals surface area contributed by atoms with Gasteiger partial charge in [-0.25, -0.2) is 39.5 Å². The Balaban J connectivity index is 0.000000192. The molecule has 8 aromatic rings. The minimum atomic E-state index is -0.521. The largest absolute Gasteiger partial charge is 0.444 e. The van der Waals surface area contributed by atoms with Crippen LogP contribution in [0.5, 0.6) is 0 Å². The van der Waals surface area contributed by atoms with Crippen molar-refractivity contribution in [2.45, 2.75) is 170 Å². The Kier molecular flexibility index (Phi) is 21.3. The van der Waals surface area contributed by atoms with E-state index in [-0.39, 0.29) is 52.0 Å². The van der Waals surface area contributed by atoms with Gasteiger partial charge in [0.05, 0.1) is 67.0 Å². The first-order chi connectivity index (χ1) is 41.8. The van der Waals surface area contributed by atoms with Crippen molar-refractivity contribution in [3.63, 3.8) is 0 Å². The molecule has 3 N–H and O–H groups in total. The summed E-state index contributed by atoms with van der Waals surface area (Å²) < 4.78 is 14.6. The van der Waals surface area contributed by atoms with Crippen molar-refractivity contribution in [1.82, 2.24) is 59.3 Å². The zero-order chi connectivity index (χ0) is 64.6. The van der Waals surface area contributed by atoms with Gasteiger partial charge in [0, 0.05) is 98.2 Å². The molecule has 23 heteroatoms. The van der Waals surface area contributed by atoms with Crippen molar-refractivity contribution in [3.05, 3.63) is 145 Å². The molecule has 8 heterocycles. The molecule has 2 aliphatic heterocycles. The summed E-state index contributed by atoms with van der Waals surface area (Å²) in [6.07, 6.45) is 17.3. The molecule has 0 radical (unpaired) electrons. The highest BCUT2D eigenvalue weighted by atomic mass is 35.5. The number of nitrogens with one attached hydrogen (secondary N) is 1. The predicted molar refractivity (Wildman–Crippen MR) is 351 cm³/mol. The van der Waals surface area contributed by atoms with Gasteiger partial charge in [-0.1, -0.05) is 65.8 Å². The third-order valence-electron chi connectivity index (χ3n) is 14.5. The van der Waals surface area contributed by atoms with Crippen LogP contribution in [0.25, 0.3) is 22.5 Å². The Morgan fingerprint density at radius 3 is 1.49 bits per heavy atom. The van der Waals surface area contributed by atoms with E-state index in [0.717, 1.165) is 83.1 Å². The van der Waals surface area contributed by atoms with Gasteiger partial charge in [-0.2, -0.15) is 10.2 Å². The maximum absolute atomic E-state index is 12.8. The highest BCUT2D eigenvalue weighted by molar-refractivity contribution is 7.14. The number of carbonyl (C=O) groups is 4. The van der Waals surface area contributed by atoms with Gasteiger partial charge < -0.3 is 30.3 Å².